The van der Waals surface area contributed by atoms with Crippen molar-refractivity contribution in [3.63, 3.8) is 0 Å². The normalized spacial score (nSPS) is 27.1. The molecule has 19 heavy (non-hydrogen) atoms. The van der Waals surface area contributed by atoms with Crippen molar-refractivity contribution in [2.45, 2.75) is 31.7 Å². The minimum absolute atomic E-state index is 0.124. The molecule has 1 fully saturated rings. The summed E-state index contributed by atoms with van der Waals surface area (Å²) in [5.74, 6) is 0. The standard InChI is InChI=1S/C14H18FNO3/c1-14(18)7-8-16(9-12(14)15)13(17)19-10-11-5-3-2-4-6-11/h2-6,12,18H,7-10H2,1H3/t12-,14+/m1/s1. The van der Waals surface area contributed by atoms with E-state index in [1.807, 2.05) is 30.3 Å². The second-order valence-electron chi connectivity index (χ2n) is 5.06. The summed E-state index contributed by atoms with van der Waals surface area (Å²) in [4.78, 5) is 13.1. The number of aliphatic hydroxyl groups is 1. The lowest BCUT2D eigenvalue weighted by Gasteiger charge is -2.37. The Labute approximate surface area is 111 Å². The number of hydrogen-bond acceptors (Lipinski definition) is 3. The molecule has 0 aliphatic carbocycles. The summed E-state index contributed by atoms with van der Waals surface area (Å²) in [5, 5.41) is 9.70. The summed E-state index contributed by atoms with van der Waals surface area (Å²) in [6.07, 6.45) is -1.76. The van der Waals surface area contributed by atoms with Crippen LogP contribution in [0.5, 0.6) is 0 Å². The van der Waals surface area contributed by atoms with Crippen molar-refractivity contribution in [3.05, 3.63) is 35.9 Å². The molecule has 1 heterocycles. The van der Waals surface area contributed by atoms with E-state index in [0.29, 0.717) is 6.54 Å². The number of carbonyl (C=O) groups excluding carboxylic acids is 1. The first-order chi connectivity index (χ1) is 8.99. The van der Waals surface area contributed by atoms with Gasteiger partial charge in [-0.3, -0.25) is 0 Å². The molecule has 1 aromatic rings. The predicted molar refractivity (Wildman–Crippen MR) is 68.3 cm³/mol. The second-order valence-corrected chi connectivity index (χ2v) is 5.06. The van der Waals surface area contributed by atoms with Crippen molar-refractivity contribution >= 4 is 6.09 Å². The molecule has 1 aliphatic rings. The number of nitrogens with zero attached hydrogens (tertiary/aromatic N) is 1. The molecular formula is C14H18FNO3. The first kappa shape index (κ1) is 13.8. The predicted octanol–water partition coefficient (Wildman–Crippen LogP) is 2.12. The molecule has 1 aromatic carbocycles. The van der Waals surface area contributed by atoms with Crippen molar-refractivity contribution in [1.82, 2.24) is 4.90 Å². The summed E-state index contributed by atoms with van der Waals surface area (Å²) < 4.78 is 18.8. The smallest absolute Gasteiger partial charge is 0.410 e. The number of benzene rings is 1. The van der Waals surface area contributed by atoms with E-state index in [4.69, 9.17) is 4.74 Å². The Bertz CT molecular complexity index is 436. The summed E-state index contributed by atoms with van der Waals surface area (Å²) in [7, 11) is 0. The largest absolute Gasteiger partial charge is 0.445 e. The lowest BCUT2D eigenvalue weighted by Crippen LogP contribution is -2.53. The van der Waals surface area contributed by atoms with E-state index in [1.54, 1.807) is 0 Å². The van der Waals surface area contributed by atoms with Gasteiger partial charge < -0.3 is 14.7 Å². The third-order valence-electron chi connectivity index (χ3n) is 3.41. The quantitative estimate of drug-likeness (QED) is 0.893. The van der Waals surface area contributed by atoms with Gasteiger partial charge in [-0.25, -0.2) is 9.18 Å². The Morgan fingerprint density at radius 2 is 2.21 bits per heavy atom. The van der Waals surface area contributed by atoms with E-state index in [-0.39, 0.29) is 19.6 Å². The average Bonchev–Trinajstić information content (AvgIpc) is 2.40. The van der Waals surface area contributed by atoms with Gasteiger partial charge in [0.25, 0.3) is 0 Å². The molecule has 0 radical (unpaired) electrons. The molecular weight excluding hydrogens is 249 g/mol. The van der Waals surface area contributed by atoms with Gasteiger partial charge >= 0.3 is 6.09 Å². The summed E-state index contributed by atoms with van der Waals surface area (Å²) >= 11 is 0. The number of alkyl halides is 1. The minimum Gasteiger partial charge on any atom is -0.445 e. The van der Waals surface area contributed by atoms with Gasteiger partial charge in [0, 0.05) is 6.54 Å². The van der Waals surface area contributed by atoms with E-state index in [0.717, 1.165) is 5.56 Å². The lowest BCUT2D eigenvalue weighted by molar-refractivity contribution is -0.0682. The first-order valence-corrected chi connectivity index (χ1v) is 6.31. The van der Waals surface area contributed by atoms with Gasteiger partial charge in [0.05, 0.1) is 12.1 Å². The molecule has 0 aromatic heterocycles. The second kappa shape index (κ2) is 5.57. The Morgan fingerprint density at radius 1 is 1.53 bits per heavy atom. The molecule has 1 saturated heterocycles. The lowest BCUT2D eigenvalue weighted by atomic mass is 9.92. The maximum absolute atomic E-state index is 13.6. The van der Waals surface area contributed by atoms with Gasteiger partial charge in [0.15, 0.2) is 0 Å². The third kappa shape index (κ3) is 3.44. The van der Waals surface area contributed by atoms with Crippen LogP contribution in [0.15, 0.2) is 30.3 Å². The molecule has 0 bridgehead atoms. The summed E-state index contributed by atoms with van der Waals surface area (Å²) in [6, 6.07) is 9.31. The van der Waals surface area contributed by atoms with Crippen molar-refractivity contribution in [2.75, 3.05) is 13.1 Å². The molecule has 5 heteroatoms. The highest BCUT2D eigenvalue weighted by Crippen LogP contribution is 2.25. The Hall–Kier alpha value is -1.62. The van der Waals surface area contributed by atoms with Crippen LogP contribution in [-0.2, 0) is 11.3 Å². The van der Waals surface area contributed by atoms with Gasteiger partial charge in [0.1, 0.15) is 12.8 Å². The van der Waals surface area contributed by atoms with Gasteiger partial charge in [-0.05, 0) is 18.9 Å². The Kier molecular flexibility index (Phi) is 4.04. The fourth-order valence-corrected chi connectivity index (χ4v) is 1.98. The highest BCUT2D eigenvalue weighted by molar-refractivity contribution is 5.67. The molecule has 2 atom stereocenters. The monoisotopic (exact) mass is 267 g/mol. The molecule has 1 amide bonds. The fourth-order valence-electron chi connectivity index (χ4n) is 1.98. The van der Waals surface area contributed by atoms with Gasteiger partial charge in [-0.1, -0.05) is 30.3 Å². The summed E-state index contributed by atoms with van der Waals surface area (Å²) in [5.41, 5.74) is -0.465. The van der Waals surface area contributed by atoms with Crippen LogP contribution in [0, 0.1) is 0 Å². The first-order valence-electron chi connectivity index (χ1n) is 6.31. The van der Waals surface area contributed by atoms with Gasteiger partial charge in [-0.2, -0.15) is 0 Å². The Morgan fingerprint density at radius 3 is 2.84 bits per heavy atom. The van der Waals surface area contributed by atoms with Crippen molar-refractivity contribution in [2.24, 2.45) is 0 Å². The van der Waals surface area contributed by atoms with Crippen LogP contribution in [0.4, 0.5) is 9.18 Å². The van der Waals surface area contributed by atoms with Crippen LogP contribution in [0.3, 0.4) is 0 Å². The zero-order valence-corrected chi connectivity index (χ0v) is 10.9. The van der Waals surface area contributed by atoms with Crippen LogP contribution in [0.2, 0.25) is 0 Å². The number of ether oxygens (including phenoxy) is 1. The van der Waals surface area contributed by atoms with E-state index in [1.165, 1.54) is 11.8 Å². The minimum atomic E-state index is -1.44. The van der Waals surface area contributed by atoms with Gasteiger partial charge in [0.2, 0.25) is 0 Å². The maximum Gasteiger partial charge on any atom is 0.410 e. The molecule has 1 aliphatic heterocycles. The molecule has 0 spiro atoms. The zero-order chi connectivity index (χ0) is 13.9. The topological polar surface area (TPSA) is 49.8 Å². The highest BCUT2D eigenvalue weighted by atomic mass is 19.1. The van der Waals surface area contributed by atoms with Crippen LogP contribution in [-0.4, -0.2) is 41.0 Å². The third-order valence-corrected chi connectivity index (χ3v) is 3.41. The molecule has 0 unspecified atom stereocenters. The van der Waals surface area contributed by atoms with Crippen molar-refractivity contribution < 1.29 is 19.0 Å². The zero-order valence-electron chi connectivity index (χ0n) is 10.9. The molecule has 4 nitrogen and oxygen atoms in total. The van der Waals surface area contributed by atoms with E-state index >= 15 is 0 Å². The summed E-state index contributed by atoms with van der Waals surface area (Å²) in [6.45, 7) is 1.80. The molecule has 2 rings (SSSR count). The number of rotatable bonds is 2. The van der Waals surface area contributed by atoms with Crippen LogP contribution in [0.25, 0.3) is 0 Å². The van der Waals surface area contributed by atoms with Crippen LogP contribution >= 0.6 is 0 Å². The molecule has 1 N–H and O–H groups in total. The number of hydrogen-bond donors (Lipinski definition) is 1. The molecule has 104 valence electrons. The number of likely N-dealkylation sites (tertiary alicyclic amines) is 1. The highest BCUT2D eigenvalue weighted by Gasteiger charge is 2.39. The van der Waals surface area contributed by atoms with Crippen molar-refractivity contribution in [1.29, 1.82) is 0 Å². The van der Waals surface area contributed by atoms with Crippen LogP contribution < -0.4 is 0 Å². The van der Waals surface area contributed by atoms with E-state index in [9.17, 15) is 14.3 Å². The fraction of sp³-hybridized carbons (Fsp3) is 0.500. The van der Waals surface area contributed by atoms with E-state index in [2.05, 4.69) is 0 Å². The van der Waals surface area contributed by atoms with Gasteiger partial charge in [-0.15, -0.1) is 0 Å². The Balaban J connectivity index is 1.84. The maximum atomic E-state index is 13.6. The number of halogens is 1. The average molecular weight is 267 g/mol. The molecule has 0 saturated carbocycles. The number of amides is 1. The SMILES string of the molecule is C[C@]1(O)CCN(C(=O)OCc2ccccc2)C[C@H]1F. The van der Waals surface area contributed by atoms with E-state index < -0.39 is 17.9 Å². The number of carbonyl (C=O) groups is 1. The van der Waals surface area contributed by atoms with Crippen LogP contribution in [0.1, 0.15) is 18.9 Å². The number of piperidine rings is 1. The van der Waals surface area contributed by atoms with Crippen molar-refractivity contribution in [3.8, 4) is 0 Å².